The van der Waals surface area contributed by atoms with E-state index in [1.54, 1.807) is 12.1 Å². The molecule has 0 aromatic heterocycles. The number of nitrogens with one attached hydrogen (secondary N) is 1. The van der Waals surface area contributed by atoms with Crippen LogP contribution in [0.25, 0.3) is 0 Å². The highest BCUT2D eigenvalue weighted by Gasteiger charge is 2.42. The quantitative estimate of drug-likeness (QED) is 0.697. The van der Waals surface area contributed by atoms with Crippen LogP contribution < -0.4 is 15.1 Å². The SMILES string of the molecule is C=CCNC(=O)C1Cc2cc(C(F)(F)F)ccc2N2CCN(c3ccc(Cl)cc3)CC12. The zero-order valence-corrected chi connectivity index (χ0v) is 17.6. The summed E-state index contributed by atoms with van der Waals surface area (Å²) in [6.45, 7) is 5.83. The smallest absolute Gasteiger partial charge is 0.368 e. The number of fused-ring (bicyclic) bond motifs is 3. The highest BCUT2D eigenvalue weighted by molar-refractivity contribution is 6.30. The minimum Gasteiger partial charge on any atom is -0.368 e. The Bertz CT molecular complexity index is 977. The molecule has 1 N–H and O–H groups in total. The Morgan fingerprint density at radius 2 is 1.94 bits per heavy atom. The van der Waals surface area contributed by atoms with Crippen molar-refractivity contribution in [1.82, 2.24) is 5.32 Å². The van der Waals surface area contributed by atoms with Crippen LogP contribution in [0.1, 0.15) is 11.1 Å². The van der Waals surface area contributed by atoms with Crippen LogP contribution in [-0.2, 0) is 17.4 Å². The van der Waals surface area contributed by atoms with Gasteiger partial charge in [-0.3, -0.25) is 4.79 Å². The van der Waals surface area contributed by atoms with E-state index in [0.29, 0.717) is 36.8 Å². The molecule has 2 aliphatic heterocycles. The first-order chi connectivity index (χ1) is 14.8. The number of benzene rings is 2. The summed E-state index contributed by atoms with van der Waals surface area (Å²) in [4.78, 5) is 17.2. The van der Waals surface area contributed by atoms with Crippen LogP contribution in [-0.4, -0.2) is 38.1 Å². The minimum absolute atomic E-state index is 0.154. The van der Waals surface area contributed by atoms with Crippen LogP contribution in [0.3, 0.4) is 0 Å². The molecule has 164 valence electrons. The molecule has 2 aliphatic rings. The average Bonchev–Trinajstić information content (AvgIpc) is 2.76. The number of hydrogen-bond acceptors (Lipinski definition) is 3. The standard InChI is InChI=1S/C23H23ClF3N3O/c1-2-9-28-22(31)19-13-15-12-16(23(25,26)27)3-8-20(15)30-11-10-29(14-21(19)30)18-6-4-17(24)5-7-18/h2-8,12,19,21H,1,9-11,13-14H2,(H,28,31). The number of halogens is 4. The first-order valence-corrected chi connectivity index (χ1v) is 10.5. The van der Waals surface area contributed by atoms with Gasteiger partial charge in [0.05, 0.1) is 17.5 Å². The number of carbonyl (C=O) groups is 1. The first-order valence-electron chi connectivity index (χ1n) is 10.1. The summed E-state index contributed by atoms with van der Waals surface area (Å²) in [5.74, 6) is -0.637. The lowest BCUT2D eigenvalue weighted by atomic mass is 9.82. The molecule has 2 aromatic rings. The molecule has 31 heavy (non-hydrogen) atoms. The van der Waals surface area contributed by atoms with Crippen molar-refractivity contribution < 1.29 is 18.0 Å². The van der Waals surface area contributed by atoms with Gasteiger partial charge >= 0.3 is 6.18 Å². The third-order valence-corrected chi connectivity index (χ3v) is 6.24. The van der Waals surface area contributed by atoms with Crippen molar-refractivity contribution in [1.29, 1.82) is 0 Å². The molecule has 0 aliphatic carbocycles. The molecule has 0 spiro atoms. The average molecular weight is 450 g/mol. The lowest BCUT2D eigenvalue weighted by Gasteiger charge is -2.49. The van der Waals surface area contributed by atoms with E-state index >= 15 is 0 Å². The zero-order valence-electron chi connectivity index (χ0n) is 16.8. The van der Waals surface area contributed by atoms with Gasteiger partial charge in [0.15, 0.2) is 0 Å². The van der Waals surface area contributed by atoms with E-state index in [4.69, 9.17) is 11.6 Å². The van der Waals surface area contributed by atoms with Gasteiger partial charge < -0.3 is 15.1 Å². The molecular weight excluding hydrogens is 427 g/mol. The molecule has 2 atom stereocenters. The fraction of sp³-hybridized carbons (Fsp3) is 0.348. The van der Waals surface area contributed by atoms with Crippen LogP contribution in [0, 0.1) is 5.92 Å². The number of anilines is 2. The molecule has 4 nitrogen and oxygen atoms in total. The highest BCUT2D eigenvalue weighted by atomic mass is 35.5. The van der Waals surface area contributed by atoms with Crippen molar-refractivity contribution in [3.63, 3.8) is 0 Å². The number of hydrogen-bond donors (Lipinski definition) is 1. The highest BCUT2D eigenvalue weighted by Crippen LogP contribution is 2.40. The minimum atomic E-state index is -4.42. The maximum absolute atomic E-state index is 13.3. The van der Waals surface area contributed by atoms with Crippen LogP contribution >= 0.6 is 11.6 Å². The van der Waals surface area contributed by atoms with E-state index in [1.165, 1.54) is 6.07 Å². The molecule has 4 rings (SSSR count). The van der Waals surface area contributed by atoms with Crippen molar-refractivity contribution in [2.75, 3.05) is 36.0 Å². The summed E-state index contributed by atoms with van der Waals surface area (Å²) >= 11 is 6.01. The van der Waals surface area contributed by atoms with Crippen molar-refractivity contribution >= 4 is 28.9 Å². The van der Waals surface area contributed by atoms with Crippen molar-refractivity contribution in [2.24, 2.45) is 5.92 Å². The molecule has 8 heteroatoms. The van der Waals surface area contributed by atoms with Crippen molar-refractivity contribution in [3.05, 3.63) is 71.3 Å². The summed E-state index contributed by atoms with van der Waals surface area (Å²) in [5.41, 5.74) is 1.66. The molecule has 1 saturated heterocycles. The second-order valence-corrected chi connectivity index (χ2v) is 8.31. The number of piperazine rings is 1. The van der Waals surface area contributed by atoms with Crippen LogP contribution in [0.5, 0.6) is 0 Å². The van der Waals surface area contributed by atoms with E-state index < -0.39 is 17.7 Å². The van der Waals surface area contributed by atoms with E-state index in [0.717, 1.165) is 17.4 Å². The Morgan fingerprint density at radius 1 is 1.19 bits per heavy atom. The fourth-order valence-corrected chi connectivity index (χ4v) is 4.62. The molecule has 1 amide bonds. The maximum Gasteiger partial charge on any atom is 0.416 e. The first kappa shape index (κ1) is 21.6. The van der Waals surface area contributed by atoms with Crippen LogP contribution in [0.2, 0.25) is 5.02 Å². The monoisotopic (exact) mass is 449 g/mol. The molecular formula is C23H23ClF3N3O. The molecule has 1 fully saturated rings. The van der Waals surface area contributed by atoms with Gasteiger partial charge in [0.2, 0.25) is 5.91 Å². The molecule has 2 aromatic carbocycles. The zero-order chi connectivity index (χ0) is 22.2. The third-order valence-electron chi connectivity index (χ3n) is 5.99. The van der Waals surface area contributed by atoms with E-state index in [-0.39, 0.29) is 18.4 Å². The van der Waals surface area contributed by atoms with Gasteiger partial charge in [-0.1, -0.05) is 17.7 Å². The summed E-state index contributed by atoms with van der Waals surface area (Å²) in [6.07, 6.45) is -2.56. The Hall–Kier alpha value is -2.67. The fourth-order valence-electron chi connectivity index (χ4n) is 4.49. The number of amides is 1. The summed E-state index contributed by atoms with van der Waals surface area (Å²) < 4.78 is 39.8. The molecule has 2 unspecified atom stereocenters. The Morgan fingerprint density at radius 3 is 2.61 bits per heavy atom. The Balaban J connectivity index is 1.67. The van der Waals surface area contributed by atoms with Gasteiger partial charge in [-0.2, -0.15) is 13.2 Å². The number of nitrogens with zero attached hydrogens (tertiary/aromatic N) is 2. The van der Waals surface area contributed by atoms with E-state index in [1.807, 2.05) is 24.3 Å². The normalized spacial score (nSPS) is 20.6. The van der Waals surface area contributed by atoms with Gasteiger partial charge in [0, 0.05) is 42.6 Å². The Labute approximate surface area is 184 Å². The van der Waals surface area contributed by atoms with E-state index in [2.05, 4.69) is 21.7 Å². The van der Waals surface area contributed by atoms with Gasteiger partial charge in [0.25, 0.3) is 0 Å². The van der Waals surface area contributed by atoms with E-state index in [9.17, 15) is 18.0 Å². The lowest BCUT2D eigenvalue weighted by molar-refractivity contribution is -0.137. The maximum atomic E-state index is 13.3. The van der Waals surface area contributed by atoms with Gasteiger partial charge in [-0.05, 0) is 54.4 Å². The summed E-state index contributed by atoms with van der Waals surface area (Å²) in [7, 11) is 0. The number of rotatable bonds is 4. The topological polar surface area (TPSA) is 35.6 Å². The molecule has 2 heterocycles. The lowest BCUT2D eigenvalue weighted by Crippen LogP contribution is -2.61. The van der Waals surface area contributed by atoms with Crippen molar-refractivity contribution in [3.8, 4) is 0 Å². The second kappa shape index (κ2) is 8.46. The van der Waals surface area contributed by atoms with Crippen LogP contribution in [0.15, 0.2) is 55.1 Å². The molecule has 0 bridgehead atoms. The number of carbonyl (C=O) groups excluding carboxylic acids is 1. The van der Waals surface area contributed by atoms with Gasteiger partial charge in [-0.25, -0.2) is 0 Å². The largest absolute Gasteiger partial charge is 0.416 e. The van der Waals surface area contributed by atoms with Crippen molar-refractivity contribution in [2.45, 2.75) is 18.6 Å². The molecule has 0 saturated carbocycles. The summed E-state index contributed by atoms with van der Waals surface area (Å²) in [5, 5.41) is 3.48. The van der Waals surface area contributed by atoms with Gasteiger partial charge in [0.1, 0.15) is 0 Å². The second-order valence-electron chi connectivity index (χ2n) is 7.87. The van der Waals surface area contributed by atoms with Gasteiger partial charge in [-0.15, -0.1) is 6.58 Å². The predicted octanol–water partition coefficient (Wildman–Crippen LogP) is 4.53. The summed E-state index contributed by atoms with van der Waals surface area (Å²) in [6, 6.07) is 11.2. The molecule has 0 radical (unpaired) electrons. The number of alkyl halides is 3. The Kier molecular flexibility index (Phi) is 5.88. The van der Waals surface area contributed by atoms with Crippen LogP contribution in [0.4, 0.5) is 24.5 Å². The predicted molar refractivity (Wildman–Crippen MR) is 117 cm³/mol. The third kappa shape index (κ3) is 4.37.